The maximum atomic E-state index is 12.0. The number of carbonyl (C=O) groups excluding carboxylic acids is 1. The molecule has 1 atom stereocenters. The molecule has 108 valence electrons. The second kappa shape index (κ2) is 6.90. The van der Waals surface area contributed by atoms with Crippen LogP contribution in [0.3, 0.4) is 0 Å². The zero-order valence-corrected chi connectivity index (χ0v) is 12.1. The van der Waals surface area contributed by atoms with Crippen molar-refractivity contribution in [2.75, 3.05) is 7.11 Å². The summed E-state index contributed by atoms with van der Waals surface area (Å²) in [4.78, 5) is 12.0. The monoisotopic (exact) mass is 303 g/mol. The van der Waals surface area contributed by atoms with Crippen LogP contribution >= 0.6 is 11.6 Å². The van der Waals surface area contributed by atoms with Gasteiger partial charge in [0.15, 0.2) is 17.6 Å². The first-order chi connectivity index (χ1) is 10.2. The first-order valence-electron chi connectivity index (χ1n) is 6.25. The number of hydrogen-bond acceptors (Lipinski definition) is 4. The van der Waals surface area contributed by atoms with E-state index < -0.39 is 11.9 Å². The smallest absolute Gasteiger partial charge is 0.218 e. The molecule has 0 saturated carbocycles. The second-order valence-corrected chi connectivity index (χ2v) is 4.62. The van der Waals surface area contributed by atoms with Gasteiger partial charge in [-0.25, -0.2) is 0 Å². The van der Waals surface area contributed by atoms with Gasteiger partial charge in [-0.05, 0) is 18.2 Å². The Kier molecular flexibility index (Phi) is 4.95. The molecule has 0 aromatic heterocycles. The quantitative estimate of drug-likeness (QED) is 0.828. The van der Waals surface area contributed by atoms with E-state index in [0.717, 1.165) is 6.21 Å². The fourth-order valence-corrected chi connectivity index (χ4v) is 2.12. The van der Waals surface area contributed by atoms with Crippen molar-refractivity contribution in [3.05, 3.63) is 59.1 Å². The van der Waals surface area contributed by atoms with Crippen LogP contribution in [0.25, 0.3) is 0 Å². The first-order valence-corrected chi connectivity index (χ1v) is 6.63. The van der Waals surface area contributed by atoms with Crippen molar-refractivity contribution in [1.82, 2.24) is 0 Å². The summed E-state index contributed by atoms with van der Waals surface area (Å²) in [5.41, 5.74) is 0.513. The molecular formula is C16H14ClNO3. The minimum atomic E-state index is -0.979. The maximum Gasteiger partial charge on any atom is 0.218 e. The SMILES string of the molecule is COc1ccccc1OC(C(=O)C=N)c1ccccc1Cl. The number of para-hydroxylation sites is 2. The predicted octanol–water partition coefficient (Wildman–Crippen LogP) is 3.69. The van der Waals surface area contributed by atoms with E-state index >= 15 is 0 Å². The van der Waals surface area contributed by atoms with Crippen molar-refractivity contribution in [2.45, 2.75) is 6.10 Å². The number of ketones is 1. The summed E-state index contributed by atoms with van der Waals surface area (Å²) in [7, 11) is 1.52. The van der Waals surface area contributed by atoms with Gasteiger partial charge in [0.25, 0.3) is 0 Å². The fourth-order valence-electron chi connectivity index (χ4n) is 1.88. The van der Waals surface area contributed by atoms with Gasteiger partial charge in [0.1, 0.15) is 0 Å². The molecule has 2 aromatic carbocycles. The Balaban J connectivity index is 2.40. The van der Waals surface area contributed by atoms with Crippen molar-refractivity contribution in [1.29, 1.82) is 5.41 Å². The highest BCUT2D eigenvalue weighted by Gasteiger charge is 2.24. The van der Waals surface area contributed by atoms with Crippen molar-refractivity contribution in [3.8, 4) is 11.5 Å². The summed E-state index contributed by atoms with van der Waals surface area (Å²) in [5.74, 6) is 0.432. The molecule has 0 amide bonds. The molecule has 0 bridgehead atoms. The largest absolute Gasteiger partial charge is 0.493 e. The molecule has 0 aliphatic rings. The summed E-state index contributed by atoms with van der Waals surface area (Å²) in [6.07, 6.45) is -0.254. The number of carbonyl (C=O) groups is 1. The Hall–Kier alpha value is -2.33. The molecule has 0 heterocycles. The molecule has 4 nitrogen and oxygen atoms in total. The lowest BCUT2D eigenvalue weighted by Crippen LogP contribution is -2.20. The highest BCUT2D eigenvalue weighted by molar-refractivity contribution is 6.33. The van der Waals surface area contributed by atoms with Gasteiger partial charge in [-0.3, -0.25) is 4.79 Å². The number of nitrogens with one attached hydrogen (secondary N) is 1. The van der Waals surface area contributed by atoms with Crippen LogP contribution in [0.4, 0.5) is 0 Å². The zero-order chi connectivity index (χ0) is 15.2. The van der Waals surface area contributed by atoms with Crippen LogP contribution in [0, 0.1) is 5.41 Å². The minimum absolute atomic E-state index is 0.410. The molecule has 21 heavy (non-hydrogen) atoms. The molecule has 0 radical (unpaired) electrons. The molecule has 0 saturated heterocycles. The Morgan fingerprint density at radius 1 is 1.14 bits per heavy atom. The van der Waals surface area contributed by atoms with Gasteiger partial charge in [0.2, 0.25) is 5.78 Å². The van der Waals surface area contributed by atoms with E-state index in [4.69, 9.17) is 26.5 Å². The molecule has 2 aromatic rings. The molecular weight excluding hydrogens is 290 g/mol. The number of rotatable bonds is 6. The third-order valence-corrected chi connectivity index (χ3v) is 3.25. The third-order valence-electron chi connectivity index (χ3n) is 2.90. The number of halogens is 1. The van der Waals surface area contributed by atoms with E-state index in [1.807, 2.05) is 0 Å². The molecule has 5 heteroatoms. The lowest BCUT2D eigenvalue weighted by molar-refractivity contribution is -0.119. The van der Waals surface area contributed by atoms with Gasteiger partial charge >= 0.3 is 0 Å². The lowest BCUT2D eigenvalue weighted by Gasteiger charge is -2.19. The van der Waals surface area contributed by atoms with E-state index in [2.05, 4.69) is 0 Å². The summed E-state index contributed by atoms with van der Waals surface area (Å²) >= 11 is 6.12. The molecule has 1 unspecified atom stereocenters. The fraction of sp³-hybridized carbons (Fsp3) is 0.125. The van der Waals surface area contributed by atoms with E-state index in [-0.39, 0.29) is 0 Å². The topological polar surface area (TPSA) is 59.4 Å². The van der Waals surface area contributed by atoms with Crippen molar-refractivity contribution < 1.29 is 14.3 Å². The number of ether oxygens (including phenoxy) is 2. The van der Waals surface area contributed by atoms with E-state index in [1.54, 1.807) is 48.5 Å². The highest BCUT2D eigenvalue weighted by Crippen LogP contribution is 2.33. The van der Waals surface area contributed by atoms with E-state index in [0.29, 0.717) is 22.1 Å². The number of Topliss-reactive ketones (excluding diaryl/α,β-unsaturated/α-hetero) is 1. The zero-order valence-electron chi connectivity index (χ0n) is 11.4. The summed E-state index contributed by atoms with van der Waals surface area (Å²) in [6, 6.07) is 13.9. The Morgan fingerprint density at radius 3 is 2.38 bits per heavy atom. The molecule has 0 spiro atoms. The van der Waals surface area contributed by atoms with Crippen LogP contribution in [-0.4, -0.2) is 19.1 Å². The Bertz CT molecular complexity index is 657. The number of hydrogen-bond donors (Lipinski definition) is 1. The third kappa shape index (κ3) is 3.41. The van der Waals surface area contributed by atoms with Crippen molar-refractivity contribution in [2.24, 2.45) is 0 Å². The Labute approximate surface area is 127 Å². The van der Waals surface area contributed by atoms with Crippen LogP contribution in [0.15, 0.2) is 48.5 Å². The van der Waals surface area contributed by atoms with Crippen LogP contribution < -0.4 is 9.47 Å². The molecule has 2 rings (SSSR count). The normalized spacial score (nSPS) is 11.5. The second-order valence-electron chi connectivity index (χ2n) is 4.22. The molecule has 1 N–H and O–H groups in total. The van der Waals surface area contributed by atoms with Gasteiger partial charge in [0.05, 0.1) is 13.3 Å². The molecule has 0 fully saturated rings. The van der Waals surface area contributed by atoms with Gasteiger partial charge in [-0.15, -0.1) is 0 Å². The first kappa shape index (κ1) is 15.1. The average molecular weight is 304 g/mol. The van der Waals surface area contributed by atoms with Crippen molar-refractivity contribution >= 4 is 23.6 Å². The standard InChI is InChI=1S/C16H14ClNO3/c1-20-14-8-4-5-9-15(14)21-16(13(19)10-18)11-6-2-3-7-12(11)17/h2-10,16,18H,1H3. The highest BCUT2D eigenvalue weighted by atomic mass is 35.5. The Morgan fingerprint density at radius 2 is 1.76 bits per heavy atom. The van der Waals surface area contributed by atoms with E-state index in [9.17, 15) is 4.79 Å². The summed E-state index contributed by atoms with van der Waals surface area (Å²) in [6.45, 7) is 0. The molecule has 0 aliphatic heterocycles. The summed E-state index contributed by atoms with van der Waals surface area (Å²) in [5, 5.41) is 7.60. The van der Waals surface area contributed by atoms with Crippen LogP contribution in [-0.2, 0) is 4.79 Å². The van der Waals surface area contributed by atoms with Crippen LogP contribution in [0.2, 0.25) is 5.02 Å². The van der Waals surface area contributed by atoms with Crippen molar-refractivity contribution in [3.63, 3.8) is 0 Å². The lowest BCUT2D eigenvalue weighted by atomic mass is 10.1. The van der Waals surface area contributed by atoms with E-state index in [1.165, 1.54) is 7.11 Å². The minimum Gasteiger partial charge on any atom is -0.493 e. The van der Waals surface area contributed by atoms with Crippen LogP contribution in [0.1, 0.15) is 11.7 Å². The predicted molar refractivity (Wildman–Crippen MR) is 81.6 cm³/mol. The van der Waals surface area contributed by atoms with Gasteiger partial charge < -0.3 is 14.9 Å². The summed E-state index contributed by atoms with van der Waals surface area (Å²) < 4.78 is 10.9. The van der Waals surface area contributed by atoms with Crippen LogP contribution in [0.5, 0.6) is 11.5 Å². The molecule has 0 aliphatic carbocycles. The number of methoxy groups -OCH3 is 1. The van der Waals surface area contributed by atoms with Gasteiger partial charge in [-0.1, -0.05) is 41.9 Å². The van der Waals surface area contributed by atoms with Gasteiger partial charge in [0, 0.05) is 10.6 Å². The van der Waals surface area contributed by atoms with Gasteiger partial charge in [-0.2, -0.15) is 0 Å². The maximum absolute atomic E-state index is 12.0. The average Bonchev–Trinajstić information content (AvgIpc) is 2.53. The number of benzene rings is 2.